The molecule has 0 atom stereocenters. The lowest BCUT2D eigenvalue weighted by molar-refractivity contribution is 0.0697. The normalized spacial score (nSPS) is 11.4. The molecule has 0 aliphatic heterocycles. The Kier molecular flexibility index (Phi) is 4.24. The van der Waals surface area contributed by atoms with Crippen molar-refractivity contribution in [1.82, 2.24) is 14.7 Å². The molecule has 0 fully saturated rings. The minimum Gasteiger partial charge on any atom is -0.478 e. The first kappa shape index (κ1) is 15.0. The van der Waals surface area contributed by atoms with Crippen molar-refractivity contribution in [2.24, 2.45) is 0 Å². The van der Waals surface area contributed by atoms with Crippen molar-refractivity contribution in [3.8, 4) is 0 Å². The van der Waals surface area contributed by atoms with E-state index in [1.807, 2.05) is 0 Å². The van der Waals surface area contributed by atoms with Crippen LogP contribution < -0.4 is 10.5 Å². The van der Waals surface area contributed by atoms with Gasteiger partial charge in [-0.3, -0.25) is 0 Å². The molecule has 112 valence electrons. The van der Waals surface area contributed by atoms with Gasteiger partial charge in [-0.1, -0.05) is 0 Å². The van der Waals surface area contributed by atoms with Crippen LogP contribution in [0.4, 0.5) is 5.69 Å². The number of nitrogen functional groups attached to an aromatic ring is 1. The average Bonchev–Trinajstić information content (AvgIpc) is 2.91. The number of imidazole rings is 1. The van der Waals surface area contributed by atoms with E-state index in [2.05, 4.69) is 14.7 Å². The number of sulfonamides is 1. The number of hydrogen-bond acceptors (Lipinski definition) is 5. The van der Waals surface area contributed by atoms with Gasteiger partial charge in [-0.2, -0.15) is 0 Å². The number of H-pyrrole nitrogens is 1. The SMILES string of the molecule is Nc1cc(C(=O)O)ccc1S(=O)(=O)NCCc1cnc[nH]1. The summed E-state index contributed by atoms with van der Waals surface area (Å²) in [5, 5.41) is 8.82. The van der Waals surface area contributed by atoms with Gasteiger partial charge in [0, 0.05) is 24.9 Å². The van der Waals surface area contributed by atoms with Crippen LogP contribution >= 0.6 is 0 Å². The van der Waals surface area contributed by atoms with Crippen molar-refractivity contribution in [1.29, 1.82) is 0 Å². The van der Waals surface area contributed by atoms with E-state index in [-0.39, 0.29) is 22.7 Å². The van der Waals surface area contributed by atoms with Gasteiger partial charge >= 0.3 is 5.97 Å². The number of carbonyl (C=O) groups is 1. The summed E-state index contributed by atoms with van der Waals surface area (Å²) in [5.74, 6) is -1.17. The summed E-state index contributed by atoms with van der Waals surface area (Å²) in [5.41, 5.74) is 6.24. The molecule has 1 heterocycles. The highest BCUT2D eigenvalue weighted by atomic mass is 32.2. The molecule has 0 aliphatic carbocycles. The zero-order valence-corrected chi connectivity index (χ0v) is 11.7. The molecule has 0 radical (unpaired) electrons. The van der Waals surface area contributed by atoms with Crippen LogP contribution in [0.15, 0.2) is 35.6 Å². The maximum absolute atomic E-state index is 12.1. The first-order valence-electron chi connectivity index (χ1n) is 6.00. The molecule has 5 N–H and O–H groups in total. The average molecular weight is 310 g/mol. The molecule has 0 spiro atoms. The third-order valence-corrected chi connectivity index (χ3v) is 4.32. The van der Waals surface area contributed by atoms with Crippen LogP contribution in [0.2, 0.25) is 0 Å². The van der Waals surface area contributed by atoms with Gasteiger partial charge in [0.15, 0.2) is 0 Å². The number of carboxylic acids is 1. The van der Waals surface area contributed by atoms with E-state index in [0.717, 1.165) is 11.8 Å². The summed E-state index contributed by atoms with van der Waals surface area (Å²) in [6.07, 6.45) is 3.56. The zero-order chi connectivity index (χ0) is 15.5. The molecule has 8 nitrogen and oxygen atoms in total. The maximum Gasteiger partial charge on any atom is 0.335 e. The number of aromatic nitrogens is 2. The van der Waals surface area contributed by atoms with Gasteiger partial charge < -0.3 is 15.8 Å². The molecule has 0 aliphatic rings. The number of nitrogens with two attached hydrogens (primary N) is 1. The summed E-state index contributed by atoms with van der Waals surface area (Å²) in [7, 11) is -3.79. The molecular weight excluding hydrogens is 296 g/mol. The fourth-order valence-electron chi connectivity index (χ4n) is 1.75. The molecule has 0 amide bonds. The molecule has 0 saturated carbocycles. The predicted molar refractivity (Wildman–Crippen MR) is 75.3 cm³/mol. The first-order chi connectivity index (χ1) is 9.90. The van der Waals surface area contributed by atoms with Gasteiger partial charge in [-0.25, -0.2) is 22.9 Å². The second-order valence-electron chi connectivity index (χ2n) is 4.28. The number of nitrogens with zero attached hydrogens (tertiary/aromatic N) is 1. The number of aromatic amines is 1. The quantitative estimate of drug-likeness (QED) is 0.563. The zero-order valence-electron chi connectivity index (χ0n) is 10.9. The van der Waals surface area contributed by atoms with E-state index in [1.54, 1.807) is 6.20 Å². The topological polar surface area (TPSA) is 138 Å². The van der Waals surface area contributed by atoms with Crippen molar-refractivity contribution in [3.63, 3.8) is 0 Å². The molecule has 0 saturated heterocycles. The third-order valence-electron chi connectivity index (χ3n) is 2.79. The highest BCUT2D eigenvalue weighted by molar-refractivity contribution is 7.89. The van der Waals surface area contributed by atoms with Gasteiger partial charge in [-0.05, 0) is 18.2 Å². The molecular formula is C12H14N4O4S. The van der Waals surface area contributed by atoms with Gasteiger partial charge in [0.25, 0.3) is 0 Å². The van der Waals surface area contributed by atoms with E-state index in [1.165, 1.54) is 18.5 Å². The van der Waals surface area contributed by atoms with Crippen molar-refractivity contribution in [2.45, 2.75) is 11.3 Å². The molecule has 21 heavy (non-hydrogen) atoms. The van der Waals surface area contributed by atoms with E-state index >= 15 is 0 Å². The van der Waals surface area contributed by atoms with E-state index in [4.69, 9.17) is 10.8 Å². The van der Waals surface area contributed by atoms with Crippen LogP contribution in [-0.4, -0.2) is 36.0 Å². The lowest BCUT2D eigenvalue weighted by atomic mass is 10.2. The molecule has 1 aromatic carbocycles. The van der Waals surface area contributed by atoms with E-state index < -0.39 is 16.0 Å². The number of benzene rings is 1. The van der Waals surface area contributed by atoms with Crippen LogP contribution in [0.25, 0.3) is 0 Å². The highest BCUT2D eigenvalue weighted by Crippen LogP contribution is 2.19. The minimum atomic E-state index is -3.79. The second-order valence-corrected chi connectivity index (χ2v) is 6.02. The third kappa shape index (κ3) is 3.58. The van der Waals surface area contributed by atoms with Gasteiger partial charge in [-0.15, -0.1) is 0 Å². The van der Waals surface area contributed by atoms with Crippen molar-refractivity contribution in [3.05, 3.63) is 42.0 Å². The fraction of sp³-hybridized carbons (Fsp3) is 0.167. The summed E-state index contributed by atoms with van der Waals surface area (Å²) in [6.45, 7) is 0.171. The number of nitrogens with one attached hydrogen (secondary N) is 2. The van der Waals surface area contributed by atoms with Crippen LogP contribution in [0, 0.1) is 0 Å². The Labute approximate surface area is 121 Å². The Morgan fingerprint density at radius 2 is 2.19 bits per heavy atom. The predicted octanol–water partition coefficient (Wildman–Crippen LogP) is 0.211. The van der Waals surface area contributed by atoms with Crippen LogP contribution in [0.5, 0.6) is 0 Å². The monoisotopic (exact) mass is 310 g/mol. The molecule has 1 aromatic heterocycles. The second kappa shape index (κ2) is 5.94. The highest BCUT2D eigenvalue weighted by Gasteiger charge is 2.18. The van der Waals surface area contributed by atoms with E-state index in [0.29, 0.717) is 6.42 Å². The Balaban J connectivity index is 2.10. The number of hydrogen-bond donors (Lipinski definition) is 4. The Morgan fingerprint density at radius 3 is 2.76 bits per heavy atom. The molecule has 2 rings (SSSR count). The summed E-state index contributed by atoms with van der Waals surface area (Å²) in [4.78, 5) is 17.3. The maximum atomic E-state index is 12.1. The molecule has 2 aromatic rings. The lowest BCUT2D eigenvalue weighted by Crippen LogP contribution is -2.27. The van der Waals surface area contributed by atoms with Gasteiger partial charge in [0.05, 0.1) is 17.6 Å². The fourth-order valence-corrected chi connectivity index (χ4v) is 2.89. The summed E-state index contributed by atoms with van der Waals surface area (Å²) >= 11 is 0. The number of rotatable bonds is 6. The van der Waals surface area contributed by atoms with Crippen LogP contribution in [0.3, 0.4) is 0 Å². The number of anilines is 1. The standard InChI is InChI=1S/C12H14N4O4S/c13-10-5-8(12(17)18)1-2-11(10)21(19,20)16-4-3-9-6-14-7-15-9/h1-2,5-7,16H,3-4,13H2,(H,14,15)(H,17,18). The van der Waals surface area contributed by atoms with Crippen molar-refractivity contribution >= 4 is 21.7 Å². The van der Waals surface area contributed by atoms with Crippen molar-refractivity contribution < 1.29 is 18.3 Å². The summed E-state index contributed by atoms with van der Waals surface area (Å²) < 4.78 is 26.6. The minimum absolute atomic E-state index is 0.0658. The number of carboxylic acid groups (broad SMARTS) is 1. The van der Waals surface area contributed by atoms with Crippen molar-refractivity contribution in [2.75, 3.05) is 12.3 Å². The van der Waals surface area contributed by atoms with E-state index in [9.17, 15) is 13.2 Å². The number of aromatic carboxylic acids is 1. The molecule has 0 unspecified atom stereocenters. The smallest absolute Gasteiger partial charge is 0.335 e. The first-order valence-corrected chi connectivity index (χ1v) is 7.48. The lowest BCUT2D eigenvalue weighted by Gasteiger charge is -2.09. The van der Waals surface area contributed by atoms with Gasteiger partial charge in [0.2, 0.25) is 10.0 Å². The Hall–Kier alpha value is -2.39. The largest absolute Gasteiger partial charge is 0.478 e. The van der Waals surface area contributed by atoms with Gasteiger partial charge in [0.1, 0.15) is 4.90 Å². The van der Waals surface area contributed by atoms with Crippen LogP contribution in [0.1, 0.15) is 16.1 Å². The Bertz CT molecular complexity index is 741. The molecule has 0 bridgehead atoms. The summed E-state index contributed by atoms with van der Waals surface area (Å²) in [6, 6.07) is 3.49. The Morgan fingerprint density at radius 1 is 1.43 bits per heavy atom. The van der Waals surface area contributed by atoms with Crippen LogP contribution in [-0.2, 0) is 16.4 Å². The molecule has 9 heteroatoms.